The zero-order valence-corrected chi connectivity index (χ0v) is 9.28. The minimum Gasteiger partial charge on any atom is -0.352 e. The summed E-state index contributed by atoms with van der Waals surface area (Å²) in [4.78, 5) is 15.5. The average molecular weight is 219 g/mol. The predicted octanol–water partition coefficient (Wildman–Crippen LogP) is 0.953. The van der Waals surface area contributed by atoms with Crippen molar-refractivity contribution >= 4 is 5.91 Å². The summed E-state index contributed by atoms with van der Waals surface area (Å²) in [6.45, 7) is 1.70. The van der Waals surface area contributed by atoms with E-state index in [4.69, 9.17) is 0 Å². The first-order valence-corrected chi connectivity index (χ1v) is 5.78. The van der Waals surface area contributed by atoms with Gasteiger partial charge in [0.15, 0.2) is 0 Å². The molecular formula is C12H17N3O. The molecule has 0 aliphatic heterocycles. The smallest absolute Gasteiger partial charge is 0.252 e. The Labute approximate surface area is 95.5 Å². The van der Waals surface area contributed by atoms with E-state index in [0.717, 1.165) is 19.0 Å². The minimum atomic E-state index is -0.0421. The van der Waals surface area contributed by atoms with Gasteiger partial charge in [0.25, 0.3) is 5.91 Å². The summed E-state index contributed by atoms with van der Waals surface area (Å²) in [6.07, 6.45) is 6.83. The predicted molar refractivity (Wildman–Crippen MR) is 62.2 cm³/mol. The third-order valence-electron chi connectivity index (χ3n) is 2.57. The lowest BCUT2D eigenvalue weighted by molar-refractivity contribution is 0.0953. The van der Waals surface area contributed by atoms with Crippen molar-refractivity contribution in [3.63, 3.8) is 0 Å². The number of carbonyl (C=O) groups is 1. The van der Waals surface area contributed by atoms with Crippen molar-refractivity contribution in [2.24, 2.45) is 0 Å². The van der Waals surface area contributed by atoms with Crippen LogP contribution in [0.25, 0.3) is 0 Å². The van der Waals surface area contributed by atoms with Crippen LogP contribution in [0.2, 0.25) is 0 Å². The quantitative estimate of drug-likeness (QED) is 0.700. The highest BCUT2D eigenvalue weighted by molar-refractivity contribution is 5.93. The number of nitrogens with zero attached hydrogens (tertiary/aromatic N) is 1. The number of rotatable bonds is 6. The molecular weight excluding hydrogens is 202 g/mol. The molecule has 16 heavy (non-hydrogen) atoms. The molecule has 1 aliphatic rings. The van der Waals surface area contributed by atoms with E-state index >= 15 is 0 Å². The van der Waals surface area contributed by atoms with Crippen molar-refractivity contribution in [3.05, 3.63) is 30.1 Å². The number of pyridine rings is 1. The number of nitrogens with one attached hydrogen (secondary N) is 2. The molecule has 86 valence electrons. The van der Waals surface area contributed by atoms with Gasteiger partial charge in [0.1, 0.15) is 0 Å². The van der Waals surface area contributed by atoms with Crippen molar-refractivity contribution in [2.75, 3.05) is 13.1 Å². The molecule has 1 aromatic heterocycles. The van der Waals surface area contributed by atoms with Crippen molar-refractivity contribution < 1.29 is 4.79 Å². The van der Waals surface area contributed by atoms with Crippen LogP contribution in [-0.2, 0) is 0 Å². The SMILES string of the molecule is O=C(NCCCNC1CC1)c1cccnc1. The highest BCUT2D eigenvalue weighted by Gasteiger charge is 2.19. The first kappa shape index (κ1) is 11.1. The average Bonchev–Trinajstić information content (AvgIpc) is 3.13. The van der Waals surface area contributed by atoms with Crippen LogP contribution in [-0.4, -0.2) is 30.0 Å². The van der Waals surface area contributed by atoms with Gasteiger partial charge in [0, 0.05) is 25.0 Å². The van der Waals surface area contributed by atoms with Gasteiger partial charge in [-0.2, -0.15) is 0 Å². The third-order valence-corrected chi connectivity index (χ3v) is 2.57. The molecule has 1 amide bonds. The summed E-state index contributed by atoms with van der Waals surface area (Å²) in [5, 5.41) is 6.28. The Morgan fingerprint density at radius 3 is 3.00 bits per heavy atom. The maximum Gasteiger partial charge on any atom is 0.252 e. The van der Waals surface area contributed by atoms with Gasteiger partial charge in [0.05, 0.1) is 5.56 Å². The summed E-state index contributed by atoms with van der Waals surface area (Å²) in [7, 11) is 0. The molecule has 1 fully saturated rings. The van der Waals surface area contributed by atoms with Crippen LogP contribution in [0.15, 0.2) is 24.5 Å². The van der Waals surface area contributed by atoms with Crippen molar-refractivity contribution in [1.82, 2.24) is 15.6 Å². The Hall–Kier alpha value is -1.42. The van der Waals surface area contributed by atoms with Crippen molar-refractivity contribution in [3.8, 4) is 0 Å². The largest absolute Gasteiger partial charge is 0.352 e. The Balaban J connectivity index is 1.60. The van der Waals surface area contributed by atoms with Gasteiger partial charge in [0.2, 0.25) is 0 Å². The standard InChI is InChI=1S/C12H17N3O/c16-12(10-3-1-6-13-9-10)15-8-2-7-14-11-4-5-11/h1,3,6,9,11,14H,2,4-5,7-8H2,(H,15,16). The number of hydrogen-bond acceptors (Lipinski definition) is 3. The van der Waals surface area contributed by atoms with Crippen LogP contribution < -0.4 is 10.6 Å². The van der Waals surface area contributed by atoms with Crippen LogP contribution >= 0.6 is 0 Å². The summed E-state index contributed by atoms with van der Waals surface area (Å²) >= 11 is 0. The number of carbonyl (C=O) groups excluding carboxylic acids is 1. The van der Waals surface area contributed by atoms with Crippen LogP contribution in [0, 0.1) is 0 Å². The Bertz CT molecular complexity index is 335. The van der Waals surface area contributed by atoms with E-state index in [2.05, 4.69) is 15.6 Å². The second-order valence-electron chi connectivity index (χ2n) is 4.08. The maximum absolute atomic E-state index is 11.6. The molecule has 2 N–H and O–H groups in total. The van der Waals surface area contributed by atoms with E-state index < -0.39 is 0 Å². The van der Waals surface area contributed by atoms with Gasteiger partial charge in [-0.1, -0.05) is 0 Å². The van der Waals surface area contributed by atoms with E-state index in [1.165, 1.54) is 12.8 Å². The van der Waals surface area contributed by atoms with Crippen LogP contribution in [0.5, 0.6) is 0 Å². The molecule has 1 saturated carbocycles. The van der Waals surface area contributed by atoms with Gasteiger partial charge >= 0.3 is 0 Å². The monoisotopic (exact) mass is 219 g/mol. The first-order valence-electron chi connectivity index (χ1n) is 5.78. The number of aromatic nitrogens is 1. The Morgan fingerprint density at radius 1 is 1.44 bits per heavy atom. The zero-order valence-electron chi connectivity index (χ0n) is 9.28. The second-order valence-corrected chi connectivity index (χ2v) is 4.08. The molecule has 0 radical (unpaired) electrons. The van der Waals surface area contributed by atoms with E-state index in [9.17, 15) is 4.79 Å². The fraction of sp³-hybridized carbons (Fsp3) is 0.500. The molecule has 0 atom stereocenters. The van der Waals surface area contributed by atoms with Crippen LogP contribution in [0.3, 0.4) is 0 Å². The lowest BCUT2D eigenvalue weighted by atomic mass is 10.2. The lowest BCUT2D eigenvalue weighted by Crippen LogP contribution is -2.27. The normalized spacial score (nSPS) is 14.8. The fourth-order valence-corrected chi connectivity index (χ4v) is 1.48. The molecule has 1 heterocycles. The Morgan fingerprint density at radius 2 is 2.31 bits per heavy atom. The highest BCUT2D eigenvalue weighted by atomic mass is 16.1. The number of hydrogen-bond donors (Lipinski definition) is 2. The zero-order chi connectivity index (χ0) is 11.2. The van der Waals surface area contributed by atoms with E-state index in [-0.39, 0.29) is 5.91 Å². The molecule has 1 aliphatic carbocycles. The topological polar surface area (TPSA) is 54.0 Å². The van der Waals surface area contributed by atoms with E-state index in [0.29, 0.717) is 12.1 Å². The van der Waals surface area contributed by atoms with Gasteiger partial charge in [-0.3, -0.25) is 9.78 Å². The first-order chi connectivity index (χ1) is 7.86. The van der Waals surface area contributed by atoms with E-state index in [1.54, 1.807) is 24.5 Å². The Kier molecular flexibility index (Phi) is 3.88. The maximum atomic E-state index is 11.6. The second kappa shape index (κ2) is 5.61. The molecule has 1 aromatic rings. The van der Waals surface area contributed by atoms with Gasteiger partial charge < -0.3 is 10.6 Å². The van der Waals surface area contributed by atoms with Gasteiger partial charge in [-0.25, -0.2) is 0 Å². The molecule has 4 heteroatoms. The van der Waals surface area contributed by atoms with Crippen LogP contribution in [0.4, 0.5) is 0 Å². The summed E-state index contributed by atoms with van der Waals surface area (Å²) in [5.74, 6) is -0.0421. The minimum absolute atomic E-state index is 0.0421. The molecule has 2 rings (SSSR count). The van der Waals surface area contributed by atoms with E-state index in [1.807, 2.05) is 0 Å². The molecule has 0 bridgehead atoms. The van der Waals surface area contributed by atoms with Crippen molar-refractivity contribution in [1.29, 1.82) is 0 Å². The lowest BCUT2D eigenvalue weighted by Gasteiger charge is -2.05. The molecule has 0 spiro atoms. The van der Waals surface area contributed by atoms with Gasteiger partial charge in [-0.05, 0) is 37.9 Å². The summed E-state index contributed by atoms with van der Waals surface area (Å²) in [5.41, 5.74) is 0.623. The molecule has 0 unspecified atom stereocenters. The molecule has 0 aromatic carbocycles. The molecule has 4 nitrogen and oxygen atoms in total. The van der Waals surface area contributed by atoms with Crippen molar-refractivity contribution in [2.45, 2.75) is 25.3 Å². The van der Waals surface area contributed by atoms with Crippen LogP contribution in [0.1, 0.15) is 29.6 Å². The van der Waals surface area contributed by atoms with Gasteiger partial charge in [-0.15, -0.1) is 0 Å². The third kappa shape index (κ3) is 3.62. The summed E-state index contributed by atoms with van der Waals surface area (Å²) in [6, 6.07) is 4.28. The number of amides is 1. The summed E-state index contributed by atoms with van der Waals surface area (Å²) < 4.78 is 0. The highest BCUT2D eigenvalue weighted by Crippen LogP contribution is 2.18. The molecule has 0 saturated heterocycles. The fourth-order valence-electron chi connectivity index (χ4n) is 1.48.